The fraction of sp³-hybridized carbons (Fsp3) is 0.125. The van der Waals surface area contributed by atoms with Gasteiger partial charge in [-0.1, -0.05) is 18.2 Å². The summed E-state index contributed by atoms with van der Waals surface area (Å²) >= 11 is 0. The average Bonchev–Trinajstić information content (AvgIpc) is 2.07. The van der Waals surface area contributed by atoms with Crippen LogP contribution in [-0.2, 0) is 4.79 Å². The molecule has 0 aliphatic heterocycles. The molecule has 11 heavy (non-hydrogen) atoms. The van der Waals surface area contributed by atoms with E-state index >= 15 is 0 Å². The summed E-state index contributed by atoms with van der Waals surface area (Å²) in [6.07, 6.45) is 0.912. The molecule has 0 amide bonds. The first-order valence-electron chi connectivity index (χ1n) is 3.55. The zero-order valence-electron chi connectivity index (χ0n) is 6.19. The molecular weight excluding hydrogens is 156 g/mol. The molecule has 0 unspecified atom stereocenters. The highest BCUT2D eigenvalue weighted by Gasteiger charge is 1.89. The van der Waals surface area contributed by atoms with Crippen LogP contribution in [0.3, 0.4) is 0 Å². The SMILES string of the molecule is O=CC[SiH2]Oc1ccccc1. The van der Waals surface area contributed by atoms with Gasteiger partial charge in [0.25, 0.3) is 0 Å². The summed E-state index contributed by atoms with van der Waals surface area (Å²) in [4.78, 5) is 9.95. The maximum atomic E-state index is 9.95. The Morgan fingerprint density at radius 3 is 2.73 bits per heavy atom. The van der Waals surface area contributed by atoms with Crippen molar-refractivity contribution in [2.75, 3.05) is 0 Å². The zero-order valence-corrected chi connectivity index (χ0v) is 7.61. The Morgan fingerprint density at radius 1 is 1.36 bits per heavy atom. The minimum absolute atomic E-state index is 0.592. The molecule has 0 N–H and O–H groups in total. The van der Waals surface area contributed by atoms with E-state index in [2.05, 4.69) is 0 Å². The molecule has 0 bridgehead atoms. The van der Waals surface area contributed by atoms with Gasteiger partial charge in [0.1, 0.15) is 12.0 Å². The van der Waals surface area contributed by atoms with Gasteiger partial charge in [-0.05, 0) is 12.1 Å². The number of carbonyl (C=O) groups is 1. The van der Waals surface area contributed by atoms with E-state index in [9.17, 15) is 4.79 Å². The van der Waals surface area contributed by atoms with Gasteiger partial charge in [-0.2, -0.15) is 0 Å². The average molecular weight is 166 g/mol. The highest BCUT2D eigenvalue weighted by molar-refractivity contribution is 6.33. The van der Waals surface area contributed by atoms with Crippen LogP contribution in [0.2, 0.25) is 6.04 Å². The maximum Gasteiger partial charge on any atom is 0.226 e. The fourth-order valence-corrected chi connectivity index (χ4v) is 1.38. The summed E-state index contributed by atoms with van der Waals surface area (Å²) in [5.41, 5.74) is 0. The van der Waals surface area contributed by atoms with E-state index in [-0.39, 0.29) is 0 Å². The maximum absolute atomic E-state index is 9.95. The van der Waals surface area contributed by atoms with Crippen molar-refractivity contribution < 1.29 is 9.22 Å². The lowest BCUT2D eigenvalue weighted by molar-refractivity contribution is -0.106. The van der Waals surface area contributed by atoms with Crippen molar-refractivity contribution in [3.8, 4) is 5.75 Å². The molecule has 58 valence electrons. The second-order valence-electron chi connectivity index (χ2n) is 2.12. The van der Waals surface area contributed by atoms with Crippen molar-refractivity contribution in [1.29, 1.82) is 0 Å². The molecule has 0 aromatic heterocycles. The molecule has 0 atom stereocenters. The third-order valence-corrected chi connectivity index (χ3v) is 2.26. The molecule has 0 aliphatic rings. The lowest BCUT2D eigenvalue weighted by Crippen LogP contribution is -2.01. The topological polar surface area (TPSA) is 26.3 Å². The lowest BCUT2D eigenvalue weighted by Gasteiger charge is -2.01. The van der Waals surface area contributed by atoms with Gasteiger partial charge in [-0.15, -0.1) is 0 Å². The summed E-state index contributed by atoms with van der Waals surface area (Å²) in [5, 5.41) is 0. The summed E-state index contributed by atoms with van der Waals surface area (Å²) in [7, 11) is -0.655. The zero-order chi connectivity index (χ0) is 7.94. The number of benzene rings is 1. The Hall–Kier alpha value is -1.09. The van der Waals surface area contributed by atoms with Crippen LogP contribution in [0.5, 0.6) is 5.75 Å². The number of carbonyl (C=O) groups excluding carboxylic acids is 1. The smallest absolute Gasteiger partial charge is 0.226 e. The van der Waals surface area contributed by atoms with Gasteiger partial charge < -0.3 is 9.22 Å². The second kappa shape index (κ2) is 4.68. The van der Waals surface area contributed by atoms with Crippen LogP contribution in [0.15, 0.2) is 30.3 Å². The van der Waals surface area contributed by atoms with Crippen molar-refractivity contribution in [3.05, 3.63) is 30.3 Å². The first kappa shape index (κ1) is 8.01. The standard InChI is InChI=1S/C8H10O2Si/c9-6-7-11-10-8-4-2-1-3-5-8/h1-6H,7,11H2. The fourth-order valence-electron chi connectivity index (χ4n) is 0.742. The van der Waals surface area contributed by atoms with Gasteiger partial charge in [0.05, 0.1) is 0 Å². The highest BCUT2D eigenvalue weighted by atomic mass is 28.2. The van der Waals surface area contributed by atoms with Crippen molar-refractivity contribution >= 4 is 16.0 Å². The Kier molecular flexibility index (Phi) is 3.41. The molecule has 0 radical (unpaired) electrons. The molecule has 0 spiro atoms. The van der Waals surface area contributed by atoms with Crippen molar-refractivity contribution in [2.45, 2.75) is 6.04 Å². The van der Waals surface area contributed by atoms with Gasteiger partial charge in [-0.25, -0.2) is 0 Å². The molecule has 0 heterocycles. The van der Waals surface area contributed by atoms with Crippen LogP contribution in [0.4, 0.5) is 0 Å². The first-order valence-corrected chi connectivity index (χ1v) is 5.12. The summed E-state index contributed by atoms with van der Waals surface area (Å²) < 4.78 is 5.35. The van der Waals surface area contributed by atoms with E-state index in [1.807, 2.05) is 30.3 Å². The van der Waals surface area contributed by atoms with Gasteiger partial charge in [-0.3, -0.25) is 0 Å². The molecule has 3 heteroatoms. The molecule has 0 saturated heterocycles. The van der Waals surface area contributed by atoms with Gasteiger partial charge in [0, 0.05) is 6.04 Å². The third-order valence-electron chi connectivity index (χ3n) is 1.25. The number of aldehydes is 1. The molecular formula is C8H10O2Si. The Morgan fingerprint density at radius 2 is 2.09 bits per heavy atom. The second-order valence-corrected chi connectivity index (χ2v) is 3.39. The van der Waals surface area contributed by atoms with Crippen molar-refractivity contribution in [2.24, 2.45) is 0 Å². The number of para-hydroxylation sites is 1. The first-order chi connectivity index (χ1) is 5.43. The molecule has 2 nitrogen and oxygen atoms in total. The predicted octanol–water partition coefficient (Wildman–Crippen LogP) is 0.766. The monoisotopic (exact) mass is 166 g/mol. The van der Waals surface area contributed by atoms with Crippen LogP contribution >= 0.6 is 0 Å². The summed E-state index contributed by atoms with van der Waals surface area (Å²) in [5.74, 6) is 0.876. The third kappa shape index (κ3) is 3.00. The Labute approximate surface area is 68.1 Å². The van der Waals surface area contributed by atoms with E-state index in [0.717, 1.165) is 12.0 Å². The minimum Gasteiger partial charge on any atom is -0.549 e. The van der Waals surface area contributed by atoms with Crippen LogP contribution in [0.25, 0.3) is 0 Å². The van der Waals surface area contributed by atoms with Gasteiger partial charge in [0.2, 0.25) is 9.76 Å². The van der Waals surface area contributed by atoms with Gasteiger partial charge in [0.15, 0.2) is 0 Å². The molecule has 1 aromatic carbocycles. The van der Waals surface area contributed by atoms with E-state index in [0.29, 0.717) is 6.04 Å². The van der Waals surface area contributed by atoms with Crippen molar-refractivity contribution in [3.63, 3.8) is 0 Å². The predicted molar refractivity (Wildman–Crippen MR) is 46.5 cm³/mol. The van der Waals surface area contributed by atoms with Gasteiger partial charge >= 0.3 is 0 Å². The number of rotatable bonds is 4. The van der Waals surface area contributed by atoms with E-state index < -0.39 is 9.76 Å². The summed E-state index contributed by atoms with van der Waals surface area (Å²) in [6, 6.07) is 10.2. The molecule has 0 fully saturated rings. The minimum atomic E-state index is -0.655. The van der Waals surface area contributed by atoms with Crippen LogP contribution < -0.4 is 4.43 Å². The molecule has 1 rings (SSSR count). The molecule has 1 aromatic rings. The number of hydrogen-bond donors (Lipinski definition) is 0. The van der Waals surface area contributed by atoms with Crippen molar-refractivity contribution in [1.82, 2.24) is 0 Å². The number of hydrogen-bond acceptors (Lipinski definition) is 2. The highest BCUT2D eigenvalue weighted by Crippen LogP contribution is 2.07. The van der Waals surface area contributed by atoms with Crippen LogP contribution in [0.1, 0.15) is 0 Å². The quantitative estimate of drug-likeness (QED) is 0.375. The largest absolute Gasteiger partial charge is 0.549 e. The van der Waals surface area contributed by atoms with E-state index in [4.69, 9.17) is 4.43 Å². The van der Waals surface area contributed by atoms with Crippen LogP contribution in [0, 0.1) is 0 Å². The normalized spacial score (nSPS) is 10.2. The Bertz CT molecular complexity index is 211. The van der Waals surface area contributed by atoms with E-state index in [1.165, 1.54) is 0 Å². The Balaban J connectivity index is 2.33. The lowest BCUT2D eigenvalue weighted by atomic mass is 10.3. The molecule has 0 saturated carbocycles. The summed E-state index contributed by atoms with van der Waals surface area (Å²) in [6.45, 7) is 0. The van der Waals surface area contributed by atoms with Crippen LogP contribution in [-0.4, -0.2) is 16.0 Å². The molecule has 0 aliphatic carbocycles. The van der Waals surface area contributed by atoms with E-state index in [1.54, 1.807) is 0 Å².